The lowest BCUT2D eigenvalue weighted by Crippen LogP contribution is -2.53. The fourth-order valence-corrected chi connectivity index (χ4v) is 4.08. The van der Waals surface area contributed by atoms with Crippen LogP contribution in [-0.2, 0) is 16.2 Å². The Hall–Kier alpha value is -1.81. The van der Waals surface area contributed by atoms with Gasteiger partial charge in [0.1, 0.15) is 0 Å². The van der Waals surface area contributed by atoms with Crippen molar-refractivity contribution in [3.63, 3.8) is 0 Å². The summed E-state index contributed by atoms with van der Waals surface area (Å²) in [7, 11) is -4.03. The number of halogens is 3. The van der Waals surface area contributed by atoms with Gasteiger partial charge in [-0.15, -0.1) is 0 Å². The molecule has 1 aliphatic heterocycles. The van der Waals surface area contributed by atoms with Crippen LogP contribution in [0.1, 0.15) is 18.4 Å². The number of carbonyl (C=O) groups excluding carboxylic acids is 1. The molecule has 0 atom stereocenters. The van der Waals surface area contributed by atoms with Crippen molar-refractivity contribution >= 4 is 16.1 Å². The van der Waals surface area contributed by atoms with E-state index in [9.17, 15) is 26.4 Å². The second-order valence-corrected chi connectivity index (χ2v) is 8.08. The van der Waals surface area contributed by atoms with Crippen molar-refractivity contribution in [2.24, 2.45) is 0 Å². The second-order valence-electron chi connectivity index (χ2n) is 6.14. The average Bonchev–Trinajstić information content (AvgIpc) is 3.38. The van der Waals surface area contributed by atoms with Gasteiger partial charge in [-0.1, -0.05) is 6.07 Å². The molecule has 1 heterocycles. The summed E-state index contributed by atoms with van der Waals surface area (Å²) in [6.07, 6.45) is -2.70. The molecule has 3 rings (SSSR count). The van der Waals surface area contributed by atoms with Crippen molar-refractivity contribution in [3.8, 4) is 0 Å². The van der Waals surface area contributed by atoms with Crippen LogP contribution >= 0.6 is 0 Å². The molecular formula is C15H18F3N3O3S. The number of hydrogen-bond acceptors (Lipinski definition) is 3. The van der Waals surface area contributed by atoms with Crippen molar-refractivity contribution in [2.75, 3.05) is 26.2 Å². The Bertz CT molecular complexity index is 755. The van der Waals surface area contributed by atoms with Crippen molar-refractivity contribution in [1.82, 2.24) is 14.5 Å². The fraction of sp³-hybridized carbons (Fsp3) is 0.533. The summed E-state index contributed by atoms with van der Waals surface area (Å²) in [6.45, 7) is 0.515. The Morgan fingerprint density at radius 1 is 1.12 bits per heavy atom. The Morgan fingerprint density at radius 2 is 1.76 bits per heavy atom. The summed E-state index contributed by atoms with van der Waals surface area (Å²) >= 11 is 0. The SMILES string of the molecule is O=C(NC1CC1)N1CCN(S(=O)(=O)c2cccc(C(F)(F)F)c2)CC1. The highest BCUT2D eigenvalue weighted by Crippen LogP contribution is 2.31. The highest BCUT2D eigenvalue weighted by Gasteiger charge is 2.35. The Kier molecular flexibility index (Phi) is 4.67. The van der Waals surface area contributed by atoms with Crippen molar-refractivity contribution in [1.29, 1.82) is 0 Å². The van der Waals surface area contributed by atoms with Gasteiger partial charge >= 0.3 is 12.2 Å². The van der Waals surface area contributed by atoms with Crippen molar-refractivity contribution in [2.45, 2.75) is 30.0 Å². The molecule has 1 aromatic rings. The van der Waals surface area contributed by atoms with Gasteiger partial charge in [0.05, 0.1) is 10.5 Å². The molecule has 0 aromatic heterocycles. The van der Waals surface area contributed by atoms with Gasteiger partial charge in [0, 0.05) is 32.2 Å². The van der Waals surface area contributed by atoms with Gasteiger partial charge in [0.15, 0.2) is 0 Å². The number of nitrogens with zero attached hydrogens (tertiary/aromatic N) is 2. The zero-order chi connectivity index (χ0) is 18.2. The summed E-state index contributed by atoms with van der Waals surface area (Å²) in [6, 6.07) is 3.69. The van der Waals surface area contributed by atoms with E-state index in [0.29, 0.717) is 6.07 Å². The van der Waals surface area contributed by atoms with Crippen LogP contribution in [0.4, 0.5) is 18.0 Å². The standard InChI is InChI=1S/C15H18F3N3O3S/c16-15(17,18)11-2-1-3-13(10-11)25(23,24)21-8-6-20(7-9-21)14(22)19-12-4-5-12/h1-3,10,12H,4-9H2,(H,19,22). The van der Waals surface area contributed by atoms with Crippen LogP contribution in [-0.4, -0.2) is 55.9 Å². The van der Waals surface area contributed by atoms with Crippen LogP contribution < -0.4 is 5.32 Å². The number of sulfonamides is 1. The minimum Gasteiger partial charge on any atom is -0.335 e. The molecule has 0 radical (unpaired) electrons. The maximum absolute atomic E-state index is 12.8. The highest BCUT2D eigenvalue weighted by atomic mass is 32.2. The van der Waals surface area contributed by atoms with Crippen LogP contribution in [0.2, 0.25) is 0 Å². The van der Waals surface area contributed by atoms with Crippen LogP contribution in [0.15, 0.2) is 29.2 Å². The molecule has 138 valence electrons. The number of piperazine rings is 1. The molecule has 2 aliphatic rings. The monoisotopic (exact) mass is 377 g/mol. The first-order chi connectivity index (χ1) is 11.7. The van der Waals surface area contributed by atoms with E-state index in [-0.39, 0.29) is 38.3 Å². The van der Waals surface area contributed by atoms with Crippen molar-refractivity contribution < 1.29 is 26.4 Å². The van der Waals surface area contributed by atoms with Gasteiger partial charge in [-0.05, 0) is 31.0 Å². The normalized spacial score (nSPS) is 19.7. The molecule has 0 spiro atoms. The average molecular weight is 377 g/mol. The quantitative estimate of drug-likeness (QED) is 0.875. The minimum absolute atomic E-state index is 0.0522. The molecule has 1 N–H and O–H groups in total. The summed E-state index contributed by atoms with van der Waals surface area (Å²) in [5.74, 6) is 0. The second kappa shape index (κ2) is 6.49. The third kappa shape index (κ3) is 4.06. The summed E-state index contributed by atoms with van der Waals surface area (Å²) in [4.78, 5) is 13.1. The van der Waals surface area contributed by atoms with Gasteiger partial charge < -0.3 is 10.2 Å². The largest absolute Gasteiger partial charge is 0.416 e. The molecule has 2 fully saturated rings. The fourth-order valence-electron chi connectivity index (χ4n) is 2.61. The number of rotatable bonds is 3. The molecule has 0 bridgehead atoms. The van der Waals surface area contributed by atoms with Gasteiger partial charge in [0.2, 0.25) is 10.0 Å². The number of alkyl halides is 3. The lowest BCUT2D eigenvalue weighted by atomic mass is 10.2. The van der Waals surface area contributed by atoms with E-state index in [1.807, 2.05) is 0 Å². The van der Waals surface area contributed by atoms with E-state index >= 15 is 0 Å². The van der Waals surface area contributed by atoms with E-state index < -0.39 is 26.7 Å². The van der Waals surface area contributed by atoms with E-state index in [2.05, 4.69) is 5.32 Å². The summed E-state index contributed by atoms with van der Waals surface area (Å²) < 4.78 is 64.6. The summed E-state index contributed by atoms with van der Waals surface area (Å²) in [5.41, 5.74) is -1.00. The molecule has 1 saturated heterocycles. The third-order valence-corrected chi connectivity index (χ3v) is 6.12. The number of benzene rings is 1. The first kappa shape index (κ1) is 18.0. The Balaban J connectivity index is 1.68. The number of nitrogens with one attached hydrogen (secondary N) is 1. The molecule has 6 nitrogen and oxygen atoms in total. The lowest BCUT2D eigenvalue weighted by Gasteiger charge is -2.34. The van der Waals surface area contributed by atoms with Crippen molar-refractivity contribution in [3.05, 3.63) is 29.8 Å². The van der Waals surface area contributed by atoms with E-state index in [4.69, 9.17) is 0 Å². The van der Waals surface area contributed by atoms with E-state index in [1.54, 1.807) is 0 Å². The molecular weight excluding hydrogens is 359 g/mol. The first-order valence-corrected chi connectivity index (χ1v) is 9.35. The molecule has 0 unspecified atom stereocenters. The number of amides is 2. The van der Waals surface area contributed by atoms with E-state index in [1.165, 1.54) is 4.90 Å². The minimum atomic E-state index is -4.61. The predicted octanol–water partition coefficient (Wildman–Crippen LogP) is 1.88. The van der Waals surface area contributed by atoms with Gasteiger partial charge in [-0.2, -0.15) is 17.5 Å². The first-order valence-electron chi connectivity index (χ1n) is 7.91. The summed E-state index contributed by atoms with van der Waals surface area (Å²) in [5, 5.41) is 2.83. The third-order valence-electron chi connectivity index (χ3n) is 4.23. The molecule has 1 saturated carbocycles. The maximum Gasteiger partial charge on any atom is 0.416 e. The van der Waals surface area contributed by atoms with Gasteiger partial charge in [-0.3, -0.25) is 0 Å². The number of carbonyl (C=O) groups is 1. The molecule has 1 aromatic carbocycles. The van der Waals surface area contributed by atoms with Crippen LogP contribution in [0.25, 0.3) is 0 Å². The van der Waals surface area contributed by atoms with Gasteiger partial charge in [-0.25, -0.2) is 13.2 Å². The molecule has 1 aliphatic carbocycles. The Labute approximate surface area is 143 Å². The van der Waals surface area contributed by atoms with E-state index in [0.717, 1.165) is 35.3 Å². The molecule has 2 amide bonds. The zero-order valence-corrected chi connectivity index (χ0v) is 14.1. The highest BCUT2D eigenvalue weighted by molar-refractivity contribution is 7.89. The Morgan fingerprint density at radius 3 is 2.32 bits per heavy atom. The van der Waals surface area contributed by atoms with Crippen LogP contribution in [0, 0.1) is 0 Å². The number of hydrogen-bond donors (Lipinski definition) is 1. The smallest absolute Gasteiger partial charge is 0.335 e. The zero-order valence-electron chi connectivity index (χ0n) is 13.3. The molecule has 10 heteroatoms. The predicted molar refractivity (Wildman–Crippen MR) is 83.3 cm³/mol. The lowest BCUT2D eigenvalue weighted by molar-refractivity contribution is -0.137. The topological polar surface area (TPSA) is 69.7 Å². The van der Waals surface area contributed by atoms with Crippen LogP contribution in [0.3, 0.4) is 0 Å². The van der Waals surface area contributed by atoms with Crippen LogP contribution in [0.5, 0.6) is 0 Å². The maximum atomic E-state index is 12.8. The number of urea groups is 1. The molecule has 25 heavy (non-hydrogen) atoms. The van der Waals surface area contributed by atoms with Gasteiger partial charge in [0.25, 0.3) is 0 Å².